The van der Waals surface area contributed by atoms with E-state index >= 15 is 0 Å². The molecule has 0 aliphatic heterocycles. The molecule has 0 aliphatic rings. The van der Waals surface area contributed by atoms with Crippen LogP contribution in [0.2, 0.25) is 0 Å². The fourth-order valence-electron chi connectivity index (χ4n) is 2.11. The molecule has 0 saturated carbocycles. The predicted octanol–water partition coefficient (Wildman–Crippen LogP) is 3.13. The van der Waals surface area contributed by atoms with Gasteiger partial charge >= 0.3 is 0 Å². The van der Waals surface area contributed by atoms with E-state index in [4.69, 9.17) is 0 Å². The first-order valence-electron chi connectivity index (χ1n) is 7.15. The number of hydrogen-bond acceptors (Lipinski definition) is 2. The molecule has 3 heteroatoms. The summed E-state index contributed by atoms with van der Waals surface area (Å²) in [7, 11) is 0. The van der Waals surface area contributed by atoms with Crippen LogP contribution in [0.15, 0.2) is 24.3 Å². The van der Waals surface area contributed by atoms with Gasteiger partial charge in [0.15, 0.2) is 0 Å². The molecule has 1 aromatic rings. The van der Waals surface area contributed by atoms with Crippen LogP contribution in [0.3, 0.4) is 0 Å². The third kappa shape index (κ3) is 5.03. The number of hydrogen-bond donors (Lipinski definition) is 1. The second-order valence-electron chi connectivity index (χ2n) is 5.14. The van der Waals surface area contributed by atoms with E-state index in [1.807, 2.05) is 43.0 Å². The number of rotatable bonds is 7. The Morgan fingerprint density at radius 1 is 1.32 bits per heavy atom. The number of aryl methyl sites for hydroxylation is 1. The van der Waals surface area contributed by atoms with E-state index in [1.54, 1.807) is 0 Å². The Morgan fingerprint density at radius 2 is 2.00 bits per heavy atom. The molecule has 1 rings (SSSR count). The van der Waals surface area contributed by atoms with Gasteiger partial charge in [-0.3, -0.25) is 4.79 Å². The molecule has 0 saturated heterocycles. The number of benzene rings is 1. The molecule has 0 spiro atoms. The molecule has 0 radical (unpaired) electrons. The summed E-state index contributed by atoms with van der Waals surface area (Å²) in [6, 6.07) is 8.53. The molecule has 0 unspecified atom stereocenters. The van der Waals surface area contributed by atoms with Gasteiger partial charge in [-0.2, -0.15) is 0 Å². The maximum atomic E-state index is 12.3. The van der Waals surface area contributed by atoms with Gasteiger partial charge in [0.2, 0.25) is 5.91 Å². The van der Waals surface area contributed by atoms with Gasteiger partial charge in [-0.25, -0.2) is 0 Å². The molecule has 0 heterocycles. The van der Waals surface area contributed by atoms with Gasteiger partial charge in [-0.1, -0.05) is 32.0 Å². The SMILES string of the molecule is CCN(C(=O)CCCNC(C)C)c1ccccc1C. The fraction of sp³-hybridized carbons (Fsp3) is 0.562. The summed E-state index contributed by atoms with van der Waals surface area (Å²) in [6.07, 6.45) is 1.49. The van der Waals surface area contributed by atoms with Crippen LogP contribution in [0.5, 0.6) is 0 Å². The highest BCUT2D eigenvalue weighted by Gasteiger charge is 2.14. The van der Waals surface area contributed by atoms with Gasteiger partial charge in [-0.05, 0) is 38.4 Å². The van der Waals surface area contributed by atoms with Crippen molar-refractivity contribution in [1.29, 1.82) is 0 Å². The van der Waals surface area contributed by atoms with Crippen molar-refractivity contribution in [2.45, 2.75) is 46.6 Å². The topological polar surface area (TPSA) is 32.3 Å². The van der Waals surface area contributed by atoms with E-state index in [-0.39, 0.29) is 5.91 Å². The van der Waals surface area contributed by atoms with Gasteiger partial charge in [0.05, 0.1) is 0 Å². The molecule has 1 N–H and O–H groups in total. The standard InChI is InChI=1S/C16H26N2O/c1-5-18(15-10-7-6-9-14(15)4)16(19)11-8-12-17-13(2)3/h6-7,9-10,13,17H,5,8,11-12H2,1-4H3. The largest absolute Gasteiger partial charge is 0.315 e. The Labute approximate surface area is 117 Å². The molecule has 1 amide bonds. The van der Waals surface area contributed by atoms with E-state index < -0.39 is 0 Å². The second-order valence-corrected chi connectivity index (χ2v) is 5.14. The first-order chi connectivity index (χ1) is 9.06. The molecule has 3 nitrogen and oxygen atoms in total. The van der Waals surface area contributed by atoms with E-state index in [0.29, 0.717) is 12.5 Å². The van der Waals surface area contributed by atoms with Crippen LogP contribution in [0.1, 0.15) is 39.2 Å². The molecule has 106 valence electrons. The van der Waals surface area contributed by atoms with Crippen LogP contribution in [0, 0.1) is 6.92 Å². The lowest BCUT2D eigenvalue weighted by Gasteiger charge is -2.23. The van der Waals surface area contributed by atoms with E-state index in [2.05, 4.69) is 19.2 Å². The molecule has 0 fully saturated rings. The predicted molar refractivity (Wildman–Crippen MR) is 81.6 cm³/mol. The summed E-state index contributed by atoms with van der Waals surface area (Å²) < 4.78 is 0. The molecule has 0 bridgehead atoms. The van der Waals surface area contributed by atoms with Crippen molar-refractivity contribution < 1.29 is 4.79 Å². The molecule has 0 atom stereocenters. The van der Waals surface area contributed by atoms with Crippen LogP contribution in [0.25, 0.3) is 0 Å². The lowest BCUT2D eigenvalue weighted by atomic mass is 10.1. The summed E-state index contributed by atoms with van der Waals surface area (Å²) in [6.45, 7) is 9.93. The lowest BCUT2D eigenvalue weighted by Crippen LogP contribution is -2.32. The maximum Gasteiger partial charge on any atom is 0.227 e. The highest BCUT2D eigenvalue weighted by molar-refractivity contribution is 5.93. The van der Waals surface area contributed by atoms with Crippen molar-refractivity contribution >= 4 is 11.6 Å². The molecular formula is C16H26N2O. The highest BCUT2D eigenvalue weighted by Crippen LogP contribution is 2.20. The van der Waals surface area contributed by atoms with Crippen molar-refractivity contribution in [2.75, 3.05) is 18.0 Å². The lowest BCUT2D eigenvalue weighted by molar-refractivity contribution is -0.118. The normalized spacial score (nSPS) is 10.8. The monoisotopic (exact) mass is 262 g/mol. The number of carbonyl (C=O) groups excluding carboxylic acids is 1. The molecular weight excluding hydrogens is 236 g/mol. The second kappa shape index (κ2) is 7.95. The van der Waals surface area contributed by atoms with Crippen LogP contribution >= 0.6 is 0 Å². The van der Waals surface area contributed by atoms with Gasteiger partial charge in [-0.15, -0.1) is 0 Å². The van der Waals surface area contributed by atoms with Gasteiger partial charge in [0.1, 0.15) is 0 Å². The van der Waals surface area contributed by atoms with Gasteiger partial charge < -0.3 is 10.2 Å². The minimum Gasteiger partial charge on any atom is -0.315 e. The zero-order valence-electron chi connectivity index (χ0n) is 12.6. The number of nitrogens with zero attached hydrogens (tertiary/aromatic N) is 1. The van der Waals surface area contributed by atoms with Crippen molar-refractivity contribution in [1.82, 2.24) is 5.32 Å². The van der Waals surface area contributed by atoms with Crippen LogP contribution in [-0.4, -0.2) is 25.0 Å². The molecule has 0 aromatic heterocycles. The van der Waals surface area contributed by atoms with E-state index in [1.165, 1.54) is 0 Å². The summed E-state index contributed by atoms with van der Waals surface area (Å²) in [5, 5.41) is 3.34. The summed E-state index contributed by atoms with van der Waals surface area (Å²) in [5.41, 5.74) is 2.19. The number of carbonyl (C=O) groups is 1. The van der Waals surface area contributed by atoms with Gasteiger partial charge in [0, 0.05) is 24.7 Å². The highest BCUT2D eigenvalue weighted by atomic mass is 16.2. The summed E-state index contributed by atoms with van der Waals surface area (Å²) >= 11 is 0. The summed E-state index contributed by atoms with van der Waals surface area (Å²) in [5.74, 6) is 0.211. The molecule has 19 heavy (non-hydrogen) atoms. The average molecular weight is 262 g/mol. The van der Waals surface area contributed by atoms with Gasteiger partial charge in [0.25, 0.3) is 0 Å². The Bertz CT molecular complexity index is 401. The average Bonchev–Trinajstić information content (AvgIpc) is 2.37. The minimum atomic E-state index is 0.211. The molecule has 0 aliphatic carbocycles. The Morgan fingerprint density at radius 3 is 2.58 bits per heavy atom. The zero-order chi connectivity index (χ0) is 14.3. The Balaban J connectivity index is 2.55. The summed E-state index contributed by atoms with van der Waals surface area (Å²) in [4.78, 5) is 14.1. The van der Waals surface area contributed by atoms with Crippen LogP contribution in [-0.2, 0) is 4.79 Å². The van der Waals surface area contributed by atoms with E-state index in [9.17, 15) is 4.79 Å². The first kappa shape index (κ1) is 15.7. The number of anilines is 1. The first-order valence-corrected chi connectivity index (χ1v) is 7.15. The zero-order valence-corrected chi connectivity index (χ0v) is 12.6. The quantitative estimate of drug-likeness (QED) is 0.766. The number of amides is 1. The third-order valence-electron chi connectivity index (χ3n) is 3.14. The number of para-hydroxylation sites is 1. The van der Waals surface area contributed by atoms with Crippen molar-refractivity contribution in [3.05, 3.63) is 29.8 Å². The smallest absolute Gasteiger partial charge is 0.227 e. The van der Waals surface area contributed by atoms with Crippen LogP contribution < -0.4 is 10.2 Å². The van der Waals surface area contributed by atoms with Crippen molar-refractivity contribution in [3.63, 3.8) is 0 Å². The third-order valence-corrected chi connectivity index (χ3v) is 3.14. The molecule has 1 aromatic carbocycles. The Kier molecular flexibility index (Phi) is 6.57. The van der Waals surface area contributed by atoms with Crippen molar-refractivity contribution in [2.24, 2.45) is 0 Å². The van der Waals surface area contributed by atoms with Crippen molar-refractivity contribution in [3.8, 4) is 0 Å². The minimum absolute atomic E-state index is 0.211. The van der Waals surface area contributed by atoms with E-state index in [0.717, 1.165) is 30.8 Å². The van der Waals surface area contributed by atoms with Crippen LogP contribution in [0.4, 0.5) is 5.69 Å². The maximum absolute atomic E-state index is 12.3. The number of nitrogens with one attached hydrogen (secondary N) is 1. The fourth-order valence-corrected chi connectivity index (χ4v) is 2.11. The Hall–Kier alpha value is -1.35.